The predicted octanol–water partition coefficient (Wildman–Crippen LogP) is 2.30. The molecule has 1 aromatic heterocycles. The molecule has 26 heavy (non-hydrogen) atoms. The second kappa shape index (κ2) is 8.42. The van der Waals surface area contributed by atoms with Gasteiger partial charge in [-0.2, -0.15) is 5.10 Å². The standard InChI is InChI=1S/C16H16N4O6/c1-10(16(21)22)26-14-11(5-3-7-13(14)25-2)9-18-19-15-12(20(23)24)6-4-8-17-15/h3-10H,1-2H3,(H,17,19)(H,21,22)/b18-9-/t10-/m1/s1. The van der Waals surface area contributed by atoms with Gasteiger partial charge in [0.05, 0.1) is 18.2 Å². The fourth-order valence-electron chi connectivity index (χ4n) is 1.94. The van der Waals surface area contributed by atoms with Crippen molar-refractivity contribution in [3.8, 4) is 11.5 Å². The van der Waals surface area contributed by atoms with Gasteiger partial charge in [0.1, 0.15) is 0 Å². The Morgan fingerprint density at radius 1 is 1.42 bits per heavy atom. The van der Waals surface area contributed by atoms with E-state index in [0.717, 1.165) is 0 Å². The molecular weight excluding hydrogens is 344 g/mol. The lowest BCUT2D eigenvalue weighted by Gasteiger charge is -2.15. The number of methoxy groups -OCH3 is 1. The molecule has 0 saturated carbocycles. The fourth-order valence-corrected chi connectivity index (χ4v) is 1.94. The molecule has 1 atom stereocenters. The zero-order valence-corrected chi connectivity index (χ0v) is 13.9. The maximum absolute atomic E-state index is 11.0. The van der Waals surface area contributed by atoms with E-state index >= 15 is 0 Å². The van der Waals surface area contributed by atoms with Gasteiger partial charge in [-0.1, -0.05) is 6.07 Å². The third-order valence-corrected chi connectivity index (χ3v) is 3.23. The minimum absolute atomic E-state index is 0.0296. The summed E-state index contributed by atoms with van der Waals surface area (Å²) < 4.78 is 10.6. The van der Waals surface area contributed by atoms with Crippen LogP contribution in [0.4, 0.5) is 11.5 Å². The van der Waals surface area contributed by atoms with Crippen LogP contribution >= 0.6 is 0 Å². The van der Waals surface area contributed by atoms with Crippen LogP contribution in [0.2, 0.25) is 0 Å². The first-order valence-electron chi connectivity index (χ1n) is 7.39. The predicted molar refractivity (Wildman–Crippen MR) is 92.8 cm³/mol. The average molecular weight is 360 g/mol. The van der Waals surface area contributed by atoms with Gasteiger partial charge >= 0.3 is 11.7 Å². The van der Waals surface area contributed by atoms with Crippen LogP contribution in [0.3, 0.4) is 0 Å². The van der Waals surface area contributed by atoms with Gasteiger partial charge in [-0.05, 0) is 25.1 Å². The number of pyridine rings is 1. The maximum atomic E-state index is 11.0. The first kappa shape index (κ1) is 18.6. The molecule has 0 unspecified atom stereocenters. The van der Waals surface area contributed by atoms with E-state index in [-0.39, 0.29) is 17.3 Å². The smallest absolute Gasteiger partial charge is 0.344 e. The monoisotopic (exact) mass is 360 g/mol. The minimum Gasteiger partial charge on any atom is -0.493 e. The SMILES string of the molecule is COc1cccc(/C=N\Nc2ncccc2[N+](=O)[O-])c1O[C@H](C)C(=O)O. The van der Waals surface area contributed by atoms with Crippen molar-refractivity contribution in [2.45, 2.75) is 13.0 Å². The normalized spacial score (nSPS) is 11.8. The molecular formula is C16H16N4O6. The van der Waals surface area contributed by atoms with Crippen LogP contribution in [0.15, 0.2) is 41.6 Å². The Morgan fingerprint density at radius 2 is 2.19 bits per heavy atom. The number of rotatable bonds is 8. The van der Waals surface area contributed by atoms with Crippen molar-refractivity contribution in [3.63, 3.8) is 0 Å². The van der Waals surface area contributed by atoms with Crippen LogP contribution in [-0.2, 0) is 4.79 Å². The molecule has 1 heterocycles. The van der Waals surface area contributed by atoms with Gasteiger partial charge in [0, 0.05) is 17.8 Å². The number of carbonyl (C=O) groups is 1. The number of hydrogen-bond acceptors (Lipinski definition) is 8. The topological polar surface area (TPSA) is 136 Å². The lowest BCUT2D eigenvalue weighted by atomic mass is 10.2. The third-order valence-electron chi connectivity index (χ3n) is 3.23. The van der Waals surface area contributed by atoms with Gasteiger partial charge in [-0.15, -0.1) is 0 Å². The molecule has 2 N–H and O–H groups in total. The molecule has 0 saturated heterocycles. The summed E-state index contributed by atoms with van der Waals surface area (Å²) in [5, 5.41) is 23.9. The number of benzene rings is 1. The first-order chi connectivity index (χ1) is 12.4. The van der Waals surface area contributed by atoms with Gasteiger partial charge in [-0.3, -0.25) is 15.5 Å². The summed E-state index contributed by atoms with van der Waals surface area (Å²) in [5.74, 6) is -0.657. The molecule has 0 spiro atoms. The molecule has 1 aromatic carbocycles. The quantitative estimate of drug-likeness (QED) is 0.416. The molecule has 0 bridgehead atoms. The Bertz CT molecular complexity index is 839. The zero-order chi connectivity index (χ0) is 19.1. The molecule has 0 aliphatic carbocycles. The summed E-state index contributed by atoms with van der Waals surface area (Å²) >= 11 is 0. The summed E-state index contributed by atoms with van der Waals surface area (Å²) in [6.07, 6.45) is 1.60. The number of aliphatic carboxylic acids is 1. The number of hydrogen-bond donors (Lipinski definition) is 2. The molecule has 2 aromatic rings. The highest BCUT2D eigenvalue weighted by Gasteiger charge is 2.18. The molecule has 10 nitrogen and oxygen atoms in total. The number of carboxylic acid groups (broad SMARTS) is 1. The Hall–Kier alpha value is -3.69. The molecule has 136 valence electrons. The maximum Gasteiger partial charge on any atom is 0.344 e. The number of nitro groups is 1. The molecule has 2 rings (SSSR count). The number of carboxylic acids is 1. The van der Waals surface area contributed by atoms with E-state index in [1.807, 2.05) is 0 Å². The Labute approximate surface area is 148 Å². The van der Waals surface area contributed by atoms with Crippen LogP contribution in [0.1, 0.15) is 12.5 Å². The van der Waals surface area contributed by atoms with Crippen molar-refractivity contribution in [1.29, 1.82) is 0 Å². The van der Waals surface area contributed by atoms with E-state index in [9.17, 15) is 14.9 Å². The number of nitrogens with zero attached hydrogens (tertiary/aromatic N) is 3. The number of anilines is 1. The molecule has 0 aliphatic rings. The van der Waals surface area contributed by atoms with Gasteiger partial charge in [0.25, 0.3) is 0 Å². The van der Waals surface area contributed by atoms with E-state index < -0.39 is 17.0 Å². The minimum atomic E-state index is -1.14. The van der Waals surface area contributed by atoms with Gasteiger partial charge < -0.3 is 14.6 Å². The van der Waals surface area contributed by atoms with Crippen LogP contribution in [0.25, 0.3) is 0 Å². The summed E-state index contributed by atoms with van der Waals surface area (Å²) in [7, 11) is 1.42. The van der Waals surface area contributed by atoms with Crippen molar-refractivity contribution in [2.24, 2.45) is 5.10 Å². The molecule has 0 radical (unpaired) electrons. The van der Waals surface area contributed by atoms with Gasteiger partial charge in [0.2, 0.25) is 5.82 Å². The van der Waals surface area contributed by atoms with E-state index in [0.29, 0.717) is 11.3 Å². The highest BCUT2D eigenvalue weighted by atomic mass is 16.6. The van der Waals surface area contributed by atoms with Gasteiger partial charge in [0.15, 0.2) is 17.6 Å². The molecule has 10 heteroatoms. The summed E-state index contributed by atoms with van der Waals surface area (Å²) in [6.45, 7) is 1.38. The largest absolute Gasteiger partial charge is 0.493 e. The Morgan fingerprint density at radius 3 is 2.85 bits per heavy atom. The van der Waals surface area contributed by atoms with Crippen LogP contribution in [0.5, 0.6) is 11.5 Å². The zero-order valence-electron chi connectivity index (χ0n) is 13.9. The molecule has 0 amide bonds. The highest BCUT2D eigenvalue weighted by Crippen LogP contribution is 2.31. The third kappa shape index (κ3) is 4.44. The number of ether oxygens (including phenoxy) is 2. The number of nitrogens with one attached hydrogen (secondary N) is 1. The van der Waals surface area contributed by atoms with E-state index in [4.69, 9.17) is 14.6 Å². The van der Waals surface area contributed by atoms with Crippen molar-refractivity contribution < 1.29 is 24.3 Å². The van der Waals surface area contributed by atoms with Crippen molar-refractivity contribution >= 4 is 23.7 Å². The van der Waals surface area contributed by atoms with Crippen LogP contribution in [0, 0.1) is 10.1 Å². The second-order valence-electron chi connectivity index (χ2n) is 4.98. The van der Waals surface area contributed by atoms with Gasteiger partial charge in [-0.25, -0.2) is 9.78 Å². The highest BCUT2D eigenvalue weighted by molar-refractivity contribution is 5.86. The first-order valence-corrected chi connectivity index (χ1v) is 7.39. The molecule has 0 aliphatic heterocycles. The number of aromatic nitrogens is 1. The number of hydrazone groups is 1. The summed E-state index contributed by atoms with van der Waals surface area (Å²) in [6, 6.07) is 7.64. The average Bonchev–Trinajstić information content (AvgIpc) is 2.62. The van der Waals surface area contributed by atoms with E-state index in [1.54, 1.807) is 18.2 Å². The molecule has 0 fully saturated rings. The second-order valence-corrected chi connectivity index (χ2v) is 4.98. The number of para-hydroxylation sites is 1. The summed E-state index contributed by atoms with van der Waals surface area (Å²) in [4.78, 5) is 25.3. The lowest BCUT2D eigenvalue weighted by Crippen LogP contribution is -2.23. The fraction of sp³-hybridized carbons (Fsp3) is 0.188. The Balaban J connectivity index is 2.27. The van der Waals surface area contributed by atoms with E-state index in [1.165, 1.54) is 38.6 Å². The van der Waals surface area contributed by atoms with Crippen molar-refractivity contribution in [2.75, 3.05) is 12.5 Å². The lowest BCUT2D eigenvalue weighted by molar-refractivity contribution is -0.384. The van der Waals surface area contributed by atoms with Crippen molar-refractivity contribution in [1.82, 2.24) is 4.98 Å². The van der Waals surface area contributed by atoms with Crippen LogP contribution < -0.4 is 14.9 Å². The van der Waals surface area contributed by atoms with E-state index in [2.05, 4.69) is 15.5 Å². The Kier molecular flexibility index (Phi) is 6.04. The van der Waals surface area contributed by atoms with Crippen LogP contribution in [-0.4, -0.2) is 40.4 Å². The summed E-state index contributed by atoms with van der Waals surface area (Å²) in [5.41, 5.74) is 2.68. The van der Waals surface area contributed by atoms with Crippen molar-refractivity contribution in [3.05, 3.63) is 52.2 Å².